The first-order chi connectivity index (χ1) is 11.6. The van der Waals surface area contributed by atoms with Crippen LogP contribution < -0.4 is 4.74 Å². The molecule has 1 fully saturated rings. The Balaban J connectivity index is 1.64. The summed E-state index contributed by atoms with van der Waals surface area (Å²) in [5, 5.41) is 18.9. The molecule has 1 heterocycles. The summed E-state index contributed by atoms with van der Waals surface area (Å²) in [6.07, 6.45) is 0.754. The van der Waals surface area contributed by atoms with Crippen LogP contribution in [0.2, 0.25) is 0 Å². The van der Waals surface area contributed by atoms with Crippen molar-refractivity contribution in [3.63, 3.8) is 0 Å². The highest BCUT2D eigenvalue weighted by atomic mass is 16.5. The van der Waals surface area contributed by atoms with E-state index in [1.54, 1.807) is 24.3 Å². The smallest absolute Gasteiger partial charge is 0.119 e. The van der Waals surface area contributed by atoms with Gasteiger partial charge in [0.1, 0.15) is 18.5 Å². The maximum absolute atomic E-state index is 10.2. The van der Waals surface area contributed by atoms with Crippen LogP contribution in [0.5, 0.6) is 5.75 Å². The van der Waals surface area contributed by atoms with Gasteiger partial charge in [-0.25, -0.2) is 0 Å². The summed E-state index contributed by atoms with van der Waals surface area (Å²) in [7, 11) is 0. The molecule has 1 saturated heterocycles. The lowest BCUT2D eigenvalue weighted by molar-refractivity contribution is 0.0453. The first-order valence-electron chi connectivity index (χ1n) is 8.82. The molecule has 0 amide bonds. The normalized spacial score (nSPS) is 17.6. The molecule has 132 valence electrons. The minimum Gasteiger partial charge on any atom is -0.491 e. The zero-order valence-corrected chi connectivity index (χ0v) is 14.8. The van der Waals surface area contributed by atoms with Crippen molar-refractivity contribution in [2.75, 3.05) is 45.9 Å². The molecule has 0 aromatic heterocycles. The molecule has 1 aliphatic rings. The van der Waals surface area contributed by atoms with Crippen LogP contribution in [0.15, 0.2) is 24.3 Å². The second kappa shape index (κ2) is 9.63. The molecular weight excluding hydrogens is 302 g/mol. The molecule has 0 unspecified atom stereocenters. The van der Waals surface area contributed by atoms with Gasteiger partial charge in [0.05, 0.1) is 11.6 Å². The number of aliphatic hydroxyl groups is 1. The van der Waals surface area contributed by atoms with E-state index in [0.29, 0.717) is 17.9 Å². The monoisotopic (exact) mass is 331 g/mol. The fourth-order valence-electron chi connectivity index (χ4n) is 2.81. The number of piperazine rings is 1. The molecule has 5 nitrogen and oxygen atoms in total. The molecule has 1 atom stereocenters. The van der Waals surface area contributed by atoms with Gasteiger partial charge in [-0.05, 0) is 43.1 Å². The highest BCUT2D eigenvalue weighted by Crippen LogP contribution is 2.12. The summed E-state index contributed by atoms with van der Waals surface area (Å²) in [6, 6.07) is 9.04. The van der Waals surface area contributed by atoms with Gasteiger partial charge < -0.3 is 14.7 Å². The molecule has 0 bridgehead atoms. The number of rotatable bonds is 8. The third-order valence-corrected chi connectivity index (χ3v) is 4.38. The molecule has 5 heteroatoms. The summed E-state index contributed by atoms with van der Waals surface area (Å²) < 4.78 is 5.60. The van der Waals surface area contributed by atoms with E-state index in [0.717, 1.165) is 32.1 Å². The van der Waals surface area contributed by atoms with Crippen LogP contribution in [-0.4, -0.2) is 66.9 Å². The van der Waals surface area contributed by atoms with Crippen molar-refractivity contribution in [2.24, 2.45) is 5.92 Å². The highest BCUT2D eigenvalue weighted by Gasteiger charge is 2.19. The van der Waals surface area contributed by atoms with E-state index in [4.69, 9.17) is 10.00 Å². The van der Waals surface area contributed by atoms with E-state index < -0.39 is 6.10 Å². The Morgan fingerprint density at radius 2 is 1.75 bits per heavy atom. The standard InChI is InChI=1S/C19H29N3O2/c1-16(2)7-8-21-9-11-22(12-10-21)14-18(23)15-24-19-5-3-17(13-20)4-6-19/h3-6,16,18,23H,7-12,14-15H2,1-2H3/t18-/m0/s1. The summed E-state index contributed by atoms with van der Waals surface area (Å²) in [6.45, 7) is 10.8. The van der Waals surface area contributed by atoms with Gasteiger partial charge in [0.15, 0.2) is 0 Å². The Labute approximate surface area is 145 Å². The van der Waals surface area contributed by atoms with Crippen LogP contribution in [-0.2, 0) is 0 Å². The number of hydrogen-bond acceptors (Lipinski definition) is 5. The molecule has 0 saturated carbocycles. The summed E-state index contributed by atoms with van der Waals surface area (Å²) in [5.74, 6) is 1.44. The molecule has 24 heavy (non-hydrogen) atoms. The zero-order chi connectivity index (χ0) is 17.4. The van der Waals surface area contributed by atoms with Crippen LogP contribution in [0.3, 0.4) is 0 Å². The van der Waals surface area contributed by atoms with Crippen LogP contribution in [0.1, 0.15) is 25.8 Å². The van der Waals surface area contributed by atoms with Crippen molar-refractivity contribution in [3.8, 4) is 11.8 Å². The van der Waals surface area contributed by atoms with Crippen LogP contribution >= 0.6 is 0 Å². The highest BCUT2D eigenvalue weighted by molar-refractivity contribution is 5.34. The number of hydrogen-bond donors (Lipinski definition) is 1. The molecule has 0 spiro atoms. The summed E-state index contributed by atoms with van der Waals surface area (Å²) in [4.78, 5) is 4.81. The number of nitrogens with zero attached hydrogens (tertiary/aromatic N) is 3. The molecule has 0 radical (unpaired) electrons. The third kappa shape index (κ3) is 6.48. The van der Waals surface area contributed by atoms with Crippen LogP contribution in [0.25, 0.3) is 0 Å². The van der Waals surface area contributed by atoms with Gasteiger partial charge in [-0.2, -0.15) is 5.26 Å². The maximum atomic E-state index is 10.2. The average molecular weight is 331 g/mol. The summed E-state index contributed by atoms with van der Waals surface area (Å²) in [5.41, 5.74) is 0.609. The first-order valence-corrected chi connectivity index (χ1v) is 8.82. The third-order valence-electron chi connectivity index (χ3n) is 4.38. The molecule has 0 aliphatic carbocycles. The maximum Gasteiger partial charge on any atom is 0.119 e. The van der Waals surface area contributed by atoms with Gasteiger partial charge in [0.25, 0.3) is 0 Å². The molecule has 1 aromatic carbocycles. The number of nitriles is 1. The van der Waals surface area contributed by atoms with Crippen molar-refractivity contribution < 1.29 is 9.84 Å². The van der Waals surface area contributed by atoms with E-state index in [9.17, 15) is 5.11 Å². The lowest BCUT2D eigenvalue weighted by Crippen LogP contribution is -2.49. The second-order valence-corrected chi connectivity index (χ2v) is 6.93. The number of benzene rings is 1. The van der Waals surface area contributed by atoms with E-state index >= 15 is 0 Å². The Hall–Kier alpha value is -1.61. The van der Waals surface area contributed by atoms with E-state index in [1.165, 1.54) is 13.0 Å². The Morgan fingerprint density at radius 3 is 2.33 bits per heavy atom. The quantitative estimate of drug-likeness (QED) is 0.789. The number of ether oxygens (including phenoxy) is 1. The molecular formula is C19H29N3O2. The minimum absolute atomic E-state index is 0.277. The summed E-state index contributed by atoms with van der Waals surface area (Å²) >= 11 is 0. The van der Waals surface area contributed by atoms with Gasteiger partial charge in [-0.15, -0.1) is 0 Å². The predicted octanol–water partition coefficient (Wildman–Crippen LogP) is 1.96. The second-order valence-electron chi connectivity index (χ2n) is 6.93. The van der Waals surface area contributed by atoms with Crippen LogP contribution in [0.4, 0.5) is 0 Å². The molecule has 1 aromatic rings. The van der Waals surface area contributed by atoms with Gasteiger partial charge in [0.2, 0.25) is 0 Å². The van der Waals surface area contributed by atoms with Gasteiger partial charge in [0, 0.05) is 32.7 Å². The predicted molar refractivity (Wildman–Crippen MR) is 95.0 cm³/mol. The van der Waals surface area contributed by atoms with Crippen LogP contribution in [0, 0.1) is 17.2 Å². The van der Waals surface area contributed by atoms with Crippen molar-refractivity contribution in [1.82, 2.24) is 9.80 Å². The Bertz CT molecular complexity index is 516. The number of β-amino-alcohol motifs (C(OH)–C–C–N with tert-alkyl or cyclic N) is 1. The topological polar surface area (TPSA) is 59.7 Å². The lowest BCUT2D eigenvalue weighted by Gasteiger charge is -2.35. The number of aliphatic hydroxyl groups excluding tert-OH is 1. The fraction of sp³-hybridized carbons (Fsp3) is 0.632. The van der Waals surface area contributed by atoms with Gasteiger partial charge in [-0.1, -0.05) is 13.8 Å². The molecule has 1 N–H and O–H groups in total. The molecule has 1 aliphatic heterocycles. The first kappa shape index (κ1) is 18.7. The van der Waals surface area contributed by atoms with Crippen molar-refractivity contribution >= 4 is 0 Å². The average Bonchev–Trinajstić information content (AvgIpc) is 2.60. The van der Waals surface area contributed by atoms with Gasteiger partial charge >= 0.3 is 0 Å². The molecule has 2 rings (SSSR count). The van der Waals surface area contributed by atoms with Crippen molar-refractivity contribution in [2.45, 2.75) is 26.4 Å². The SMILES string of the molecule is CC(C)CCN1CCN(C[C@H](O)COc2ccc(C#N)cc2)CC1. The Morgan fingerprint density at radius 1 is 1.12 bits per heavy atom. The lowest BCUT2D eigenvalue weighted by atomic mass is 10.1. The largest absolute Gasteiger partial charge is 0.491 e. The van der Waals surface area contributed by atoms with E-state index in [-0.39, 0.29) is 6.61 Å². The van der Waals surface area contributed by atoms with Crippen molar-refractivity contribution in [1.29, 1.82) is 5.26 Å². The van der Waals surface area contributed by atoms with Gasteiger partial charge in [-0.3, -0.25) is 4.90 Å². The van der Waals surface area contributed by atoms with E-state index in [1.807, 2.05) is 0 Å². The fourth-order valence-corrected chi connectivity index (χ4v) is 2.81. The minimum atomic E-state index is -0.497. The van der Waals surface area contributed by atoms with Crippen molar-refractivity contribution in [3.05, 3.63) is 29.8 Å². The zero-order valence-electron chi connectivity index (χ0n) is 14.8. The van der Waals surface area contributed by atoms with E-state index in [2.05, 4.69) is 29.7 Å². The Kier molecular flexibility index (Phi) is 7.51.